The third kappa shape index (κ3) is 2.27. The van der Waals surface area contributed by atoms with Crippen molar-refractivity contribution < 1.29 is 4.74 Å². The number of nitrogens with zero attached hydrogens (tertiary/aromatic N) is 1. The van der Waals surface area contributed by atoms with Gasteiger partial charge in [-0.05, 0) is 24.7 Å². The van der Waals surface area contributed by atoms with Crippen LogP contribution < -0.4 is 5.73 Å². The fourth-order valence-electron chi connectivity index (χ4n) is 3.29. The molecule has 3 atom stereocenters. The number of ether oxygens (including phenoxy) is 1. The Bertz CT molecular complexity index is 242. The average molecular weight is 226 g/mol. The van der Waals surface area contributed by atoms with E-state index in [-0.39, 0.29) is 0 Å². The summed E-state index contributed by atoms with van der Waals surface area (Å²) >= 11 is 0. The zero-order chi connectivity index (χ0) is 11.8. The van der Waals surface area contributed by atoms with Crippen LogP contribution in [-0.2, 0) is 4.74 Å². The van der Waals surface area contributed by atoms with Crippen LogP contribution in [0.25, 0.3) is 0 Å². The summed E-state index contributed by atoms with van der Waals surface area (Å²) in [6, 6.07) is 0.890. The first-order chi connectivity index (χ1) is 7.54. The Morgan fingerprint density at radius 2 is 2.06 bits per heavy atom. The molecule has 2 N–H and O–H groups in total. The minimum absolute atomic E-state index is 0.300. The van der Waals surface area contributed by atoms with Crippen molar-refractivity contribution in [1.29, 1.82) is 0 Å². The number of methoxy groups -OCH3 is 1. The number of likely N-dealkylation sites (tertiary alicyclic amines) is 1. The molecule has 0 aromatic rings. The van der Waals surface area contributed by atoms with Crippen LogP contribution in [-0.4, -0.2) is 43.3 Å². The summed E-state index contributed by atoms with van der Waals surface area (Å²) < 4.78 is 5.44. The molecular weight excluding hydrogens is 200 g/mol. The summed E-state index contributed by atoms with van der Waals surface area (Å²) in [5.74, 6) is 0. The molecular formula is C13H26N2O. The SMILES string of the molecule is COC1CCN(C2CCCC(C)(C)C2N)C1. The van der Waals surface area contributed by atoms with Crippen molar-refractivity contribution in [3.63, 3.8) is 0 Å². The molecule has 3 nitrogen and oxygen atoms in total. The van der Waals surface area contributed by atoms with Crippen LogP contribution in [0, 0.1) is 5.41 Å². The van der Waals surface area contributed by atoms with Crippen LogP contribution in [0.1, 0.15) is 39.5 Å². The van der Waals surface area contributed by atoms with E-state index in [1.54, 1.807) is 0 Å². The number of hydrogen-bond donors (Lipinski definition) is 1. The summed E-state index contributed by atoms with van der Waals surface area (Å²) in [5.41, 5.74) is 6.74. The Kier molecular flexibility index (Phi) is 3.57. The first-order valence-electron chi connectivity index (χ1n) is 6.57. The lowest BCUT2D eigenvalue weighted by Crippen LogP contribution is -2.56. The number of hydrogen-bond acceptors (Lipinski definition) is 3. The molecule has 0 radical (unpaired) electrons. The van der Waals surface area contributed by atoms with Gasteiger partial charge in [0.25, 0.3) is 0 Å². The summed E-state index contributed by atoms with van der Waals surface area (Å²) in [7, 11) is 1.82. The molecule has 3 unspecified atom stereocenters. The molecule has 0 amide bonds. The quantitative estimate of drug-likeness (QED) is 0.777. The summed E-state index contributed by atoms with van der Waals surface area (Å²) in [5, 5.41) is 0. The Balaban J connectivity index is 1.99. The second-order valence-electron chi connectivity index (χ2n) is 6.12. The lowest BCUT2D eigenvalue weighted by Gasteiger charge is -2.45. The first kappa shape index (κ1) is 12.3. The highest BCUT2D eigenvalue weighted by Gasteiger charge is 2.41. The van der Waals surface area contributed by atoms with Crippen LogP contribution in [0.15, 0.2) is 0 Å². The van der Waals surface area contributed by atoms with E-state index in [4.69, 9.17) is 10.5 Å². The molecule has 1 heterocycles. The van der Waals surface area contributed by atoms with E-state index < -0.39 is 0 Å². The predicted molar refractivity (Wildman–Crippen MR) is 66.4 cm³/mol. The molecule has 2 fully saturated rings. The normalized spacial score (nSPS) is 40.1. The lowest BCUT2D eigenvalue weighted by atomic mass is 9.71. The second-order valence-corrected chi connectivity index (χ2v) is 6.12. The van der Waals surface area contributed by atoms with Crippen molar-refractivity contribution in [2.45, 2.75) is 57.7 Å². The summed E-state index contributed by atoms with van der Waals surface area (Å²) in [6.07, 6.45) is 5.45. The van der Waals surface area contributed by atoms with Crippen molar-refractivity contribution in [2.75, 3.05) is 20.2 Å². The molecule has 0 bridgehead atoms. The molecule has 1 saturated carbocycles. The summed E-state index contributed by atoms with van der Waals surface area (Å²) in [4.78, 5) is 2.56. The Morgan fingerprint density at radius 3 is 2.69 bits per heavy atom. The Hall–Kier alpha value is -0.120. The van der Waals surface area contributed by atoms with Gasteiger partial charge < -0.3 is 10.5 Å². The predicted octanol–water partition coefficient (Wildman–Crippen LogP) is 1.61. The fraction of sp³-hybridized carbons (Fsp3) is 1.00. The molecule has 1 aliphatic carbocycles. The van der Waals surface area contributed by atoms with Gasteiger partial charge in [0.2, 0.25) is 0 Å². The van der Waals surface area contributed by atoms with Crippen molar-refractivity contribution in [3.8, 4) is 0 Å². The Labute approximate surface area is 99.3 Å². The van der Waals surface area contributed by atoms with Gasteiger partial charge in [-0.3, -0.25) is 4.90 Å². The van der Waals surface area contributed by atoms with Gasteiger partial charge in [-0.2, -0.15) is 0 Å². The van der Waals surface area contributed by atoms with E-state index in [1.807, 2.05) is 7.11 Å². The van der Waals surface area contributed by atoms with Crippen molar-refractivity contribution in [2.24, 2.45) is 11.1 Å². The smallest absolute Gasteiger partial charge is 0.0710 e. The number of nitrogens with two attached hydrogens (primary N) is 1. The van der Waals surface area contributed by atoms with Gasteiger partial charge in [0.15, 0.2) is 0 Å². The molecule has 2 rings (SSSR count). The molecule has 16 heavy (non-hydrogen) atoms. The maximum atomic E-state index is 6.44. The van der Waals surface area contributed by atoms with Crippen LogP contribution in [0.3, 0.4) is 0 Å². The maximum absolute atomic E-state index is 6.44. The van der Waals surface area contributed by atoms with Gasteiger partial charge >= 0.3 is 0 Å². The lowest BCUT2D eigenvalue weighted by molar-refractivity contribution is 0.0610. The molecule has 2 aliphatic rings. The highest BCUT2D eigenvalue weighted by Crippen LogP contribution is 2.37. The topological polar surface area (TPSA) is 38.5 Å². The van der Waals surface area contributed by atoms with Crippen LogP contribution in [0.5, 0.6) is 0 Å². The number of rotatable bonds is 2. The van der Waals surface area contributed by atoms with Gasteiger partial charge in [0, 0.05) is 32.3 Å². The summed E-state index contributed by atoms with van der Waals surface area (Å²) in [6.45, 7) is 6.86. The standard InChI is InChI=1S/C13H26N2O/c1-13(2)7-4-5-11(12(13)14)15-8-6-10(9-15)16-3/h10-12H,4-9,14H2,1-3H3. The van der Waals surface area contributed by atoms with Gasteiger partial charge in [-0.1, -0.05) is 20.3 Å². The highest BCUT2D eigenvalue weighted by atomic mass is 16.5. The van der Waals surface area contributed by atoms with Crippen molar-refractivity contribution >= 4 is 0 Å². The molecule has 0 aromatic heterocycles. The second kappa shape index (κ2) is 4.63. The monoisotopic (exact) mass is 226 g/mol. The largest absolute Gasteiger partial charge is 0.380 e. The zero-order valence-electron chi connectivity index (χ0n) is 10.9. The average Bonchev–Trinajstić information content (AvgIpc) is 2.70. The zero-order valence-corrected chi connectivity index (χ0v) is 10.9. The third-order valence-electron chi connectivity index (χ3n) is 4.62. The van der Waals surface area contributed by atoms with Gasteiger partial charge in [-0.25, -0.2) is 0 Å². The molecule has 3 heteroatoms. The van der Waals surface area contributed by atoms with Gasteiger partial charge in [0.05, 0.1) is 6.10 Å². The van der Waals surface area contributed by atoms with Crippen molar-refractivity contribution in [3.05, 3.63) is 0 Å². The minimum atomic E-state index is 0.300. The van der Waals surface area contributed by atoms with E-state index in [1.165, 1.54) is 25.7 Å². The first-order valence-corrected chi connectivity index (χ1v) is 6.57. The van der Waals surface area contributed by atoms with Gasteiger partial charge in [-0.15, -0.1) is 0 Å². The van der Waals surface area contributed by atoms with Gasteiger partial charge in [0.1, 0.15) is 0 Å². The molecule has 94 valence electrons. The van der Waals surface area contributed by atoms with Crippen LogP contribution in [0.4, 0.5) is 0 Å². The van der Waals surface area contributed by atoms with Crippen LogP contribution >= 0.6 is 0 Å². The highest BCUT2D eigenvalue weighted by molar-refractivity contribution is 4.98. The van der Waals surface area contributed by atoms with Crippen LogP contribution in [0.2, 0.25) is 0 Å². The van der Waals surface area contributed by atoms with E-state index in [2.05, 4.69) is 18.7 Å². The molecule has 0 aromatic carbocycles. The fourth-order valence-corrected chi connectivity index (χ4v) is 3.29. The van der Waals surface area contributed by atoms with E-state index in [0.29, 0.717) is 23.6 Å². The van der Waals surface area contributed by atoms with E-state index >= 15 is 0 Å². The molecule has 0 spiro atoms. The van der Waals surface area contributed by atoms with E-state index in [9.17, 15) is 0 Å². The minimum Gasteiger partial charge on any atom is -0.380 e. The third-order valence-corrected chi connectivity index (χ3v) is 4.62. The van der Waals surface area contributed by atoms with Crippen molar-refractivity contribution in [1.82, 2.24) is 4.90 Å². The van der Waals surface area contributed by atoms with E-state index in [0.717, 1.165) is 13.1 Å². The Morgan fingerprint density at radius 1 is 1.31 bits per heavy atom. The molecule has 1 saturated heterocycles. The molecule has 1 aliphatic heterocycles. The maximum Gasteiger partial charge on any atom is 0.0710 e.